The van der Waals surface area contributed by atoms with Crippen molar-refractivity contribution in [1.82, 2.24) is 5.32 Å². The Bertz CT molecular complexity index is 522. The molecule has 0 saturated heterocycles. The lowest BCUT2D eigenvalue weighted by Gasteiger charge is -2.07. The fraction of sp³-hybridized carbons (Fsp3) is 0.364. The molecule has 17 heavy (non-hydrogen) atoms. The highest BCUT2D eigenvalue weighted by Gasteiger charge is 2.11. The van der Waals surface area contributed by atoms with Crippen LogP contribution in [0.1, 0.15) is 11.1 Å². The molecule has 1 aromatic rings. The average molecular weight is 257 g/mol. The van der Waals surface area contributed by atoms with Crippen LogP contribution in [0.3, 0.4) is 0 Å². The van der Waals surface area contributed by atoms with Crippen molar-refractivity contribution in [3.63, 3.8) is 0 Å². The van der Waals surface area contributed by atoms with Crippen LogP contribution in [-0.4, -0.2) is 32.8 Å². The third kappa shape index (κ3) is 4.16. The van der Waals surface area contributed by atoms with Gasteiger partial charge in [-0.2, -0.15) is 0 Å². The number of hydrogen-bond donors (Lipinski definition) is 2. The van der Waals surface area contributed by atoms with Gasteiger partial charge in [-0.05, 0) is 30.3 Å². The zero-order valence-electron chi connectivity index (χ0n) is 9.73. The van der Waals surface area contributed by atoms with Gasteiger partial charge < -0.3 is 10.4 Å². The Balaban J connectivity index is 3.23. The zero-order chi connectivity index (χ0) is 13.1. The van der Waals surface area contributed by atoms with Gasteiger partial charge in [0.15, 0.2) is 9.84 Å². The maximum absolute atomic E-state index is 11.5. The van der Waals surface area contributed by atoms with Gasteiger partial charge in [0.05, 0.1) is 11.3 Å². The fourth-order valence-electron chi connectivity index (χ4n) is 1.53. The Morgan fingerprint density at radius 2 is 1.88 bits per heavy atom. The molecule has 0 unspecified atom stereocenters. The lowest BCUT2D eigenvalue weighted by molar-refractivity contribution is -0.136. The molecule has 5 nitrogen and oxygen atoms in total. The summed E-state index contributed by atoms with van der Waals surface area (Å²) in [5.41, 5.74) is 1.25. The van der Waals surface area contributed by atoms with Crippen LogP contribution >= 0.6 is 0 Å². The highest BCUT2D eigenvalue weighted by Crippen LogP contribution is 2.16. The topological polar surface area (TPSA) is 83.5 Å². The van der Waals surface area contributed by atoms with Crippen LogP contribution in [0.4, 0.5) is 0 Å². The van der Waals surface area contributed by atoms with Crippen molar-refractivity contribution in [3.8, 4) is 0 Å². The zero-order valence-corrected chi connectivity index (χ0v) is 10.5. The molecule has 0 spiro atoms. The van der Waals surface area contributed by atoms with E-state index in [4.69, 9.17) is 5.11 Å². The molecule has 0 amide bonds. The predicted octanol–water partition coefficient (Wildman–Crippen LogP) is 0.437. The molecule has 6 heteroatoms. The van der Waals surface area contributed by atoms with Crippen molar-refractivity contribution in [2.75, 3.05) is 13.3 Å². The van der Waals surface area contributed by atoms with Crippen molar-refractivity contribution in [2.45, 2.75) is 17.9 Å². The van der Waals surface area contributed by atoms with Gasteiger partial charge in [-0.3, -0.25) is 4.79 Å². The summed E-state index contributed by atoms with van der Waals surface area (Å²) in [4.78, 5) is 10.8. The maximum atomic E-state index is 11.5. The molecule has 94 valence electrons. The number of rotatable bonds is 5. The van der Waals surface area contributed by atoms with Gasteiger partial charge in [0.25, 0.3) is 0 Å². The summed E-state index contributed by atoms with van der Waals surface area (Å²) < 4.78 is 22.9. The second-order valence-electron chi connectivity index (χ2n) is 3.86. The molecule has 0 saturated carbocycles. The molecule has 0 atom stereocenters. The van der Waals surface area contributed by atoms with Crippen LogP contribution in [0.15, 0.2) is 23.1 Å². The van der Waals surface area contributed by atoms with Crippen LogP contribution in [0.25, 0.3) is 0 Å². The molecule has 0 aliphatic heterocycles. The summed E-state index contributed by atoms with van der Waals surface area (Å²) >= 11 is 0. The average Bonchev–Trinajstić information content (AvgIpc) is 2.15. The highest BCUT2D eigenvalue weighted by molar-refractivity contribution is 7.90. The molecule has 0 aliphatic carbocycles. The largest absolute Gasteiger partial charge is 0.481 e. The van der Waals surface area contributed by atoms with Crippen LogP contribution in [-0.2, 0) is 27.6 Å². The first-order valence-corrected chi connectivity index (χ1v) is 6.91. The number of benzene rings is 1. The van der Waals surface area contributed by atoms with Crippen LogP contribution in [0.2, 0.25) is 0 Å². The number of carboxylic acids is 1. The van der Waals surface area contributed by atoms with Gasteiger partial charge in [-0.1, -0.05) is 6.07 Å². The highest BCUT2D eigenvalue weighted by atomic mass is 32.2. The smallest absolute Gasteiger partial charge is 0.307 e. The molecule has 0 aromatic heterocycles. The Hall–Kier alpha value is -1.40. The first-order valence-electron chi connectivity index (χ1n) is 5.02. The third-order valence-corrected chi connectivity index (χ3v) is 3.28. The van der Waals surface area contributed by atoms with Gasteiger partial charge in [-0.15, -0.1) is 0 Å². The van der Waals surface area contributed by atoms with E-state index < -0.39 is 15.8 Å². The van der Waals surface area contributed by atoms with Gasteiger partial charge in [-0.25, -0.2) is 8.42 Å². The predicted molar refractivity (Wildman–Crippen MR) is 63.7 cm³/mol. The van der Waals surface area contributed by atoms with Gasteiger partial charge in [0.2, 0.25) is 0 Å². The number of nitrogens with one attached hydrogen (secondary N) is 1. The van der Waals surface area contributed by atoms with E-state index in [2.05, 4.69) is 5.32 Å². The summed E-state index contributed by atoms with van der Waals surface area (Å²) in [6.45, 7) is 0.496. The van der Waals surface area contributed by atoms with Crippen molar-refractivity contribution in [2.24, 2.45) is 0 Å². The Morgan fingerprint density at radius 3 is 2.35 bits per heavy atom. The van der Waals surface area contributed by atoms with E-state index in [-0.39, 0.29) is 11.3 Å². The third-order valence-electron chi connectivity index (χ3n) is 2.19. The minimum absolute atomic E-state index is 0.154. The van der Waals surface area contributed by atoms with Crippen LogP contribution in [0, 0.1) is 0 Å². The van der Waals surface area contributed by atoms with Crippen molar-refractivity contribution in [1.29, 1.82) is 0 Å². The lowest BCUT2D eigenvalue weighted by Crippen LogP contribution is -2.09. The summed E-state index contributed by atoms with van der Waals surface area (Å²) in [7, 11) is -1.58. The second kappa shape index (κ2) is 5.29. The van der Waals surface area contributed by atoms with E-state index in [1.165, 1.54) is 6.07 Å². The molecule has 1 aromatic carbocycles. The van der Waals surface area contributed by atoms with Crippen molar-refractivity contribution < 1.29 is 18.3 Å². The molecule has 1 rings (SSSR count). The Kier molecular flexibility index (Phi) is 4.25. The normalized spacial score (nSPS) is 11.4. The molecular weight excluding hydrogens is 242 g/mol. The summed E-state index contributed by atoms with van der Waals surface area (Å²) in [5, 5.41) is 11.6. The fourth-order valence-corrected chi connectivity index (χ4v) is 2.26. The summed E-state index contributed by atoms with van der Waals surface area (Å²) in [5.74, 6) is -0.981. The summed E-state index contributed by atoms with van der Waals surface area (Å²) in [6.07, 6.45) is 0.927. The van der Waals surface area contributed by atoms with Crippen molar-refractivity contribution in [3.05, 3.63) is 29.3 Å². The molecule has 2 N–H and O–H groups in total. The molecule has 0 heterocycles. The monoisotopic (exact) mass is 257 g/mol. The standard InChI is InChI=1S/C11H15NO4S/c1-12-7-9-3-8(6-11(13)14)4-10(5-9)17(2,15)16/h3-5,12H,6-7H2,1-2H3,(H,13,14). The minimum atomic E-state index is -3.32. The van der Waals surface area contributed by atoms with Gasteiger partial charge in [0.1, 0.15) is 0 Å². The quantitative estimate of drug-likeness (QED) is 0.799. The van der Waals surface area contributed by atoms with Crippen LogP contribution in [0.5, 0.6) is 0 Å². The Morgan fingerprint density at radius 1 is 1.29 bits per heavy atom. The number of sulfone groups is 1. The van der Waals surface area contributed by atoms with E-state index in [9.17, 15) is 13.2 Å². The SMILES string of the molecule is CNCc1cc(CC(=O)O)cc(S(C)(=O)=O)c1. The second-order valence-corrected chi connectivity index (χ2v) is 5.87. The first kappa shape index (κ1) is 13.7. The van der Waals surface area contributed by atoms with Gasteiger partial charge >= 0.3 is 5.97 Å². The number of carboxylic acid groups (broad SMARTS) is 1. The molecule has 0 fully saturated rings. The van der Waals surface area contributed by atoms with Crippen LogP contribution < -0.4 is 5.32 Å². The molecule has 0 bridgehead atoms. The summed E-state index contributed by atoms with van der Waals surface area (Å²) in [6, 6.07) is 4.65. The minimum Gasteiger partial charge on any atom is -0.481 e. The number of carbonyl (C=O) groups is 1. The molecule has 0 aliphatic rings. The van der Waals surface area contributed by atoms with Gasteiger partial charge in [0, 0.05) is 12.8 Å². The lowest BCUT2D eigenvalue weighted by atomic mass is 10.1. The maximum Gasteiger partial charge on any atom is 0.307 e. The van der Waals surface area contributed by atoms with E-state index in [0.29, 0.717) is 12.1 Å². The molecule has 0 radical (unpaired) electrons. The van der Waals surface area contributed by atoms with Crippen molar-refractivity contribution >= 4 is 15.8 Å². The van der Waals surface area contributed by atoms with E-state index >= 15 is 0 Å². The van der Waals surface area contributed by atoms with E-state index in [1.54, 1.807) is 19.2 Å². The number of hydrogen-bond acceptors (Lipinski definition) is 4. The first-order chi connectivity index (χ1) is 7.82. The van der Waals surface area contributed by atoms with E-state index in [1.807, 2.05) is 0 Å². The number of aliphatic carboxylic acids is 1. The Labute approximate surface area is 100 Å². The molecular formula is C11H15NO4S. The van der Waals surface area contributed by atoms with E-state index in [0.717, 1.165) is 11.8 Å².